The van der Waals surface area contributed by atoms with Crippen LogP contribution in [0.5, 0.6) is 0 Å². The van der Waals surface area contributed by atoms with Crippen molar-refractivity contribution in [2.75, 3.05) is 24.3 Å². The summed E-state index contributed by atoms with van der Waals surface area (Å²) < 4.78 is 0. The van der Waals surface area contributed by atoms with Crippen molar-refractivity contribution < 1.29 is 4.79 Å². The van der Waals surface area contributed by atoms with E-state index in [0.717, 1.165) is 37.1 Å². The third-order valence-corrected chi connectivity index (χ3v) is 5.69. The standard InChI is InChI=1S/C20H25Cl2N5O/c1-12-11-23-20(26-18(12)27(2)3)25-15-7-5-14(6-8-15)24-19(28)13-4-9-16(21)17(22)10-13/h4,9-11,14-15H,5-8H2,1-3H3,(H,24,28)(H,23,25,26). The van der Waals surface area contributed by atoms with E-state index in [1.165, 1.54) is 0 Å². The van der Waals surface area contributed by atoms with Crippen molar-refractivity contribution in [2.45, 2.75) is 44.7 Å². The molecule has 0 bridgehead atoms. The summed E-state index contributed by atoms with van der Waals surface area (Å²) in [5.74, 6) is 1.45. The number of carbonyl (C=O) groups excluding carboxylic acids is 1. The Hall–Kier alpha value is -2.05. The predicted octanol–water partition coefficient (Wildman–Crippen LogP) is 4.31. The molecule has 0 aliphatic heterocycles. The highest BCUT2D eigenvalue weighted by atomic mass is 35.5. The van der Waals surface area contributed by atoms with Gasteiger partial charge in [0.25, 0.3) is 5.91 Å². The molecule has 1 fully saturated rings. The van der Waals surface area contributed by atoms with Gasteiger partial charge in [0, 0.05) is 43.5 Å². The number of nitrogens with one attached hydrogen (secondary N) is 2. The Bertz CT molecular complexity index is 850. The molecule has 0 unspecified atom stereocenters. The quantitative estimate of drug-likeness (QED) is 0.752. The van der Waals surface area contributed by atoms with Gasteiger partial charge in [0.05, 0.1) is 10.0 Å². The van der Waals surface area contributed by atoms with Gasteiger partial charge in [0.2, 0.25) is 5.95 Å². The molecule has 1 aliphatic carbocycles. The Morgan fingerprint density at radius 1 is 1.11 bits per heavy atom. The fourth-order valence-corrected chi connectivity index (χ4v) is 3.72. The predicted molar refractivity (Wildman–Crippen MR) is 115 cm³/mol. The van der Waals surface area contributed by atoms with E-state index in [1.807, 2.05) is 32.1 Å². The van der Waals surface area contributed by atoms with Gasteiger partial charge in [-0.25, -0.2) is 4.98 Å². The van der Waals surface area contributed by atoms with Gasteiger partial charge in [-0.2, -0.15) is 4.98 Å². The summed E-state index contributed by atoms with van der Waals surface area (Å²) >= 11 is 11.9. The van der Waals surface area contributed by atoms with E-state index < -0.39 is 0 Å². The molecule has 0 spiro atoms. The summed E-state index contributed by atoms with van der Waals surface area (Å²) in [5, 5.41) is 7.35. The van der Waals surface area contributed by atoms with Crippen LogP contribution in [0.25, 0.3) is 0 Å². The van der Waals surface area contributed by atoms with Gasteiger partial charge < -0.3 is 15.5 Å². The Labute approximate surface area is 175 Å². The summed E-state index contributed by atoms with van der Waals surface area (Å²) in [6.07, 6.45) is 5.53. The summed E-state index contributed by atoms with van der Waals surface area (Å²) in [6, 6.07) is 5.38. The monoisotopic (exact) mass is 421 g/mol. The first-order valence-electron chi connectivity index (χ1n) is 9.37. The van der Waals surface area contributed by atoms with Crippen molar-refractivity contribution in [3.8, 4) is 0 Å². The topological polar surface area (TPSA) is 70.1 Å². The summed E-state index contributed by atoms with van der Waals surface area (Å²) in [6.45, 7) is 2.00. The van der Waals surface area contributed by atoms with Crippen molar-refractivity contribution in [3.63, 3.8) is 0 Å². The van der Waals surface area contributed by atoms with E-state index in [4.69, 9.17) is 23.2 Å². The number of halogens is 2. The second-order valence-electron chi connectivity index (χ2n) is 7.39. The van der Waals surface area contributed by atoms with Gasteiger partial charge >= 0.3 is 0 Å². The first-order valence-corrected chi connectivity index (χ1v) is 10.1. The number of aryl methyl sites for hydroxylation is 1. The molecule has 1 saturated carbocycles. The molecule has 1 amide bonds. The zero-order valence-corrected chi connectivity index (χ0v) is 17.8. The van der Waals surface area contributed by atoms with Gasteiger partial charge in [-0.3, -0.25) is 4.79 Å². The van der Waals surface area contributed by atoms with Crippen LogP contribution in [0.1, 0.15) is 41.6 Å². The molecule has 1 aromatic carbocycles. The molecular weight excluding hydrogens is 397 g/mol. The van der Waals surface area contributed by atoms with Crippen LogP contribution in [-0.4, -0.2) is 42.1 Å². The fourth-order valence-electron chi connectivity index (χ4n) is 3.43. The van der Waals surface area contributed by atoms with Crippen molar-refractivity contribution in [2.24, 2.45) is 0 Å². The second kappa shape index (κ2) is 8.97. The first-order chi connectivity index (χ1) is 13.3. The number of aromatic nitrogens is 2. The number of hydrogen-bond acceptors (Lipinski definition) is 5. The molecule has 3 rings (SSSR count). The molecule has 0 radical (unpaired) electrons. The normalized spacial score (nSPS) is 19.2. The Morgan fingerprint density at radius 3 is 2.43 bits per heavy atom. The van der Waals surface area contributed by atoms with E-state index in [2.05, 4.69) is 20.6 Å². The van der Waals surface area contributed by atoms with Gasteiger partial charge in [-0.15, -0.1) is 0 Å². The zero-order chi connectivity index (χ0) is 20.3. The number of nitrogens with zero attached hydrogens (tertiary/aromatic N) is 3. The summed E-state index contributed by atoms with van der Waals surface area (Å²) in [7, 11) is 3.95. The largest absolute Gasteiger partial charge is 0.362 e. The fraction of sp³-hybridized carbons (Fsp3) is 0.450. The van der Waals surface area contributed by atoms with Gasteiger partial charge in [-0.05, 0) is 50.8 Å². The summed E-state index contributed by atoms with van der Waals surface area (Å²) in [5.41, 5.74) is 1.57. The van der Waals surface area contributed by atoms with E-state index >= 15 is 0 Å². The lowest BCUT2D eigenvalue weighted by Gasteiger charge is -2.30. The van der Waals surface area contributed by atoms with E-state index in [9.17, 15) is 4.79 Å². The molecular formula is C20H25Cl2N5O. The molecule has 28 heavy (non-hydrogen) atoms. The lowest BCUT2D eigenvalue weighted by Crippen LogP contribution is -2.40. The average molecular weight is 422 g/mol. The average Bonchev–Trinajstić information content (AvgIpc) is 2.66. The Kier molecular flexibility index (Phi) is 6.62. The maximum Gasteiger partial charge on any atom is 0.251 e. The van der Waals surface area contributed by atoms with Gasteiger partial charge in [0.15, 0.2) is 0 Å². The van der Waals surface area contributed by atoms with Crippen LogP contribution < -0.4 is 15.5 Å². The SMILES string of the molecule is Cc1cnc(NC2CCC(NC(=O)c3ccc(Cl)c(Cl)c3)CC2)nc1N(C)C. The van der Waals surface area contributed by atoms with Crippen LogP contribution in [-0.2, 0) is 0 Å². The minimum absolute atomic E-state index is 0.118. The number of amides is 1. The van der Waals surface area contributed by atoms with Crippen LogP contribution in [0.2, 0.25) is 10.0 Å². The van der Waals surface area contributed by atoms with Gasteiger partial charge in [0.1, 0.15) is 5.82 Å². The number of carbonyl (C=O) groups is 1. The highest BCUT2D eigenvalue weighted by Gasteiger charge is 2.23. The highest BCUT2D eigenvalue weighted by Crippen LogP contribution is 2.25. The second-order valence-corrected chi connectivity index (χ2v) is 8.20. The maximum absolute atomic E-state index is 12.4. The van der Waals surface area contributed by atoms with Crippen LogP contribution in [0.3, 0.4) is 0 Å². The first kappa shape index (κ1) is 20.7. The number of rotatable bonds is 5. The van der Waals surface area contributed by atoms with Crippen LogP contribution >= 0.6 is 23.2 Å². The molecule has 1 aliphatic rings. The van der Waals surface area contributed by atoms with E-state index in [1.54, 1.807) is 18.2 Å². The van der Waals surface area contributed by atoms with Crippen molar-refractivity contribution >= 4 is 40.9 Å². The van der Waals surface area contributed by atoms with Crippen molar-refractivity contribution in [1.29, 1.82) is 0 Å². The molecule has 0 atom stereocenters. The van der Waals surface area contributed by atoms with E-state index in [0.29, 0.717) is 27.6 Å². The molecule has 0 saturated heterocycles. The molecule has 2 aromatic rings. The van der Waals surface area contributed by atoms with Crippen LogP contribution in [0.15, 0.2) is 24.4 Å². The molecule has 150 valence electrons. The van der Waals surface area contributed by atoms with Crippen molar-refractivity contribution in [1.82, 2.24) is 15.3 Å². The maximum atomic E-state index is 12.4. The molecule has 1 aromatic heterocycles. The lowest BCUT2D eigenvalue weighted by atomic mass is 9.91. The van der Waals surface area contributed by atoms with Gasteiger partial charge in [-0.1, -0.05) is 23.2 Å². The zero-order valence-electron chi connectivity index (χ0n) is 16.3. The smallest absolute Gasteiger partial charge is 0.251 e. The van der Waals surface area contributed by atoms with E-state index in [-0.39, 0.29) is 11.9 Å². The minimum Gasteiger partial charge on any atom is -0.362 e. The molecule has 8 heteroatoms. The Morgan fingerprint density at radius 2 is 1.79 bits per heavy atom. The Balaban J connectivity index is 1.52. The number of benzene rings is 1. The van der Waals surface area contributed by atoms with Crippen LogP contribution in [0.4, 0.5) is 11.8 Å². The third-order valence-electron chi connectivity index (χ3n) is 4.95. The molecule has 2 N–H and O–H groups in total. The lowest BCUT2D eigenvalue weighted by molar-refractivity contribution is 0.0926. The molecule has 6 nitrogen and oxygen atoms in total. The van der Waals surface area contributed by atoms with Crippen LogP contribution in [0, 0.1) is 6.92 Å². The summed E-state index contributed by atoms with van der Waals surface area (Å²) in [4.78, 5) is 23.4. The number of anilines is 2. The van der Waals surface area contributed by atoms with Crippen molar-refractivity contribution in [3.05, 3.63) is 45.6 Å². The number of hydrogen-bond donors (Lipinski definition) is 2. The highest BCUT2D eigenvalue weighted by molar-refractivity contribution is 6.42. The minimum atomic E-state index is -0.118. The molecule has 1 heterocycles. The third kappa shape index (κ3) is 5.06.